The Morgan fingerprint density at radius 3 is 2.50 bits per heavy atom. The minimum Gasteiger partial charge on any atom is -0.352 e. The molecule has 1 amide bonds. The zero-order valence-electron chi connectivity index (χ0n) is 14.8. The molecule has 0 saturated carbocycles. The molecule has 0 aliphatic heterocycles. The summed E-state index contributed by atoms with van der Waals surface area (Å²) in [5.41, 5.74) is 0.779. The lowest BCUT2D eigenvalue weighted by molar-refractivity contribution is -0.121. The topological polar surface area (TPSA) is 102 Å². The molecule has 3 rings (SSSR count). The first kappa shape index (κ1) is 19.7. The van der Waals surface area contributed by atoms with Gasteiger partial charge in [-0.25, -0.2) is 12.8 Å². The molecule has 28 heavy (non-hydrogen) atoms. The summed E-state index contributed by atoms with van der Waals surface area (Å²) in [5.74, 6) is -0.713. The number of nitrogens with one attached hydrogen (secondary N) is 1. The van der Waals surface area contributed by atoms with E-state index in [0.29, 0.717) is 0 Å². The number of rotatable bonds is 8. The summed E-state index contributed by atoms with van der Waals surface area (Å²) in [7, 11) is -3.56. The summed E-state index contributed by atoms with van der Waals surface area (Å²) in [6.45, 7) is 0.281. The molecule has 0 atom stereocenters. The lowest BCUT2D eigenvalue weighted by Gasteiger charge is -2.04. The van der Waals surface area contributed by atoms with Crippen molar-refractivity contribution in [2.75, 3.05) is 0 Å². The molecular weight excluding hydrogens is 385 g/mol. The summed E-state index contributed by atoms with van der Waals surface area (Å²) in [6, 6.07) is 13.8. The van der Waals surface area contributed by atoms with Gasteiger partial charge in [0.25, 0.3) is 0 Å². The standard InChI is InChI=1S/C19H18FN3O4S/c20-15-8-6-14(7-9-15)12-21-18(24)10-11-19-22-17(23-27-19)13-28(25,26)16-4-2-1-3-5-16/h1-9H,10-13H2,(H,21,24). The molecule has 2 aromatic carbocycles. The van der Waals surface area contributed by atoms with Gasteiger partial charge in [0.1, 0.15) is 11.6 Å². The number of benzene rings is 2. The molecule has 1 heterocycles. The second-order valence-corrected chi connectivity index (χ2v) is 8.07. The predicted octanol–water partition coefficient (Wildman–Crippen LogP) is 2.43. The molecule has 1 aromatic heterocycles. The van der Waals surface area contributed by atoms with Crippen LogP contribution in [0, 0.1) is 5.82 Å². The molecule has 9 heteroatoms. The van der Waals surface area contributed by atoms with Crippen molar-refractivity contribution in [3.63, 3.8) is 0 Å². The van der Waals surface area contributed by atoms with Gasteiger partial charge < -0.3 is 9.84 Å². The number of amides is 1. The molecule has 0 saturated heterocycles. The van der Waals surface area contributed by atoms with E-state index in [4.69, 9.17) is 4.52 Å². The SMILES string of the molecule is O=C(CCc1nc(CS(=O)(=O)c2ccccc2)no1)NCc1ccc(F)cc1. The lowest BCUT2D eigenvalue weighted by atomic mass is 10.2. The Morgan fingerprint density at radius 2 is 1.79 bits per heavy atom. The van der Waals surface area contributed by atoms with Crippen molar-refractivity contribution in [2.24, 2.45) is 0 Å². The number of sulfone groups is 1. The second kappa shape index (κ2) is 8.75. The Labute approximate surface area is 161 Å². The van der Waals surface area contributed by atoms with Gasteiger partial charge in [-0.15, -0.1) is 0 Å². The van der Waals surface area contributed by atoms with Gasteiger partial charge in [-0.05, 0) is 29.8 Å². The van der Waals surface area contributed by atoms with Crippen molar-refractivity contribution in [3.05, 3.63) is 77.7 Å². The van der Waals surface area contributed by atoms with Crippen LogP contribution in [-0.2, 0) is 33.4 Å². The fourth-order valence-corrected chi connectivity index (χ4v) is 3.64. The summed E-state index contributed by atoms with van der Waals surface area (Å²) in [4.78, 5) is 16.1. The summed E-state index contributed by atoms with van der Waals surface area (Å²) < 4.78 is 42.5. The van der Waals surface area contributed by atoms with Crippen LogP contribution >= 0.6 is 0 Å². The summed E-state index contributed by atoms with van der Waals surface area (Å²) >= 11 is 0. The molecule has 0 aliphatic carbocycles. The maximum absolute atomic E-state index is 12.8. The van der Waals surface area contributed by atoms with Gasteiger partial charge in [-0.3, -0.25) is 4.79 Å². The lowest BCUT2D eigenvalue weighted by Crippen LogP contribution is -2.23. The molecular formula is C19H18FN3O4S. The summed E-state index contributed by atoms with van der Waals surface area (Å²) in [5, 5.41) is 6.38. The van der Waals surface area contributed by atoms with E-state index in [1.165, 1.54) is 24.3 Å². The molecule has 0 fully saturated rings. The van der Waals surface area contributed by atoms with Crippen LogP contribution in [0.15, 0.2) is 64.0 Å². The Morgan fingerprint density at radius 1 is 1.07 bits per heavy atom. The Kier molecular flexibility index (Phi) is 6.15. The van der Waals surface area contributed by atoms with Crippen LogP contribution in [0.1, 0.15) is 23.7 Å². The number of carbonyl (C=O) groups excluding carboxylic acids is 1. The highest BCUT2D eigenvalue weighted by atomic mass is 32.2. The number of nitrogens with zero attached hydrogens (tertiary/aromatic N) is 2. The van der Waals surface area contributed by atoms with Gasteiger partial charge >= 0.3 is 0 Å². The largest absolute Gasteiger partial charge is 0.352 e. The van der Waals surface area contributed by atoms with Crippen LogP contribution in [0.3, 0.4) is 0 Å². The highest BCUT2D eigenvalue weighted by molar-refractivity contribution is 7.90. The predicted molar refractivity (Wildman–Crippen MR) is 98.2 cm³/mol. The molecule has 3 aromatic rings. The Balaban J connectivity index is 1.49. The molecule has 7 nitrogen and oxygen atoms in total. The van der Waals surface area contributed by atoms with Gasteiger partial charge in [-0.1, -0.05) is 35.5 Å². The first-order valence-electron chi connectivity index (χ1n) is 8.53. The maximum atomic E-state index is 12.8. The number of hydrogen-bond donors (Lipinski definition) is 1. The van der Waals surface area contributed by atoms with Crippen molar-refractivity contribution in [2.45, 2.75) is 30.0 Å². The normalized spacial score (nSPS) is 11.3. The Hall–Kier alpha value is -3.07. The van der Waals surface area contributed by atoms with Crippen molar-refractivity contribution in [3.8, 4) is 0 Å². The average molecular weight is 403 g/mol. The third kappa shape index (κ3) is 5.46. The van der Waals surface area contributed by atoms with E-state index in [1.54, 1.807) is 30.3 Å². The van der Waals surface area contributed by atoms with E-state index >= 15 is 0 Å². The maximum Gasteiger partial charge on any atom is 0.227 e. The highest BCUT2D eigenvalue weighted by Crippen LogP contribution is 2.14. The van der Waals surface area contributed by atoms with Crippen LogP contribution in [0.2, 0.25) is 0 Å². The Bertz CT molecular complexity index is 1030. The minimum absolute atomic E-state index is 0.0468. The second-order valence-electron chi connectivity index (χ2n) is 6.08. The van der Waals surface area contributed by atoms with Crippen LogP contribution < -0.4 is 5.32 Å². The number of hydrogen-bond acceptors (Lipinski definition) is 6. The van der Waals surface area contributed by atoms with E-state index in [2.05, 4.69) is 15.5 Å². The van der Waals surface area contributed by atoms with Crippen molar-refractivity contribution >= 4 is 15.7 Å². The average Bonchev–Trinajstić information content (AvgIpc) is 3.13. The zero-order valence-corrected chi connectivity index (χ0v) is 15.7. The smallest absolute Gasteiger partial charge is 0.227 e. The van der Waals surface area contributed by atoms with Crippen LogP contribution in [0.5, 0.6) is 0 Å². The first-order chi connectivity index (χ1) is 13.4. The third-order valence-electron chi connectivity index (χ3n) is 3.90. The molecule has 0 spiro atoms. The number of halogens is 1. The molecule has 1 N–H and O–H groups in total. The molecule has 0 aliphatic rings. The third-order valence-corrected chi connectivity index (χ3v) is 5.53. The minimum atomic E-state index is -3.56. The van der Waals surface area contributed by atoms with Gasteiger partial charge in [0.2, 0.25) is 11.8 Å². The van der Waals surface area contributed by atoms with Gasteiger partial charge in [-0.2, -0.15) is 4.98 Å². The van der Waals surface area contributed by atoms with Crippen LogP contribution in [0.4, 0.5) is 4.39 Å². The molecule has 0 radical (unpaired) electrons. The fourth-order valence-electron chi connectivity index (χ4n) is 2.44. The highest BCUT2D eigenvalue weighted by Gasteiger charge is 2.19. The fraction of sp³-hybridized carbons (Fsp3) is 0.211. The zero-order chi connectivity index (χ0) is 20.0. The van der Waals surface area contributed by atoms with Gasteiger partial charge in [0, 0.05) is 19.4 Å². The number of aryl methyl sites for hydroxylation is 1. The molecule has 146 valence electrons. The van der Waals surface area contributed by atoms with E-state index in [0.717, 1.165) is 5.56 Å². The number of aromatic nitrogens is 2. The van der Waals surface area contributed by atoms with Crippen molar-refractivity contribution in [1.29, 1.82) is 0 Å². The van der Waals surface area contributed by atoms with Crippen molar-refractivity contribution in [1.82, 2.24) is 15.5 Å². The van der Waals surface area contributed by atoms with Gasteiger partial charge in [0.15, 0.2) is 15.7 Å². The monoisotopic (exact) mass is 403 g/mol. The van der Waals surface area contributed by atoms with Crippen LogP contribution in [-0.4, -0.2) is 24.5 Å². The van der Waals surface area contributed by atoms with Crippen molar-refractivity contribution < 1.29 is 22.1 Å². The van der Waals surface area contributed by atoms with Crippen LogP contribution in [0.25, 0.3) is 0 Å². The number of carbonyl (C=O) groups is 1. The summed E-state index contributed by atoms with van der Waals surface area (Å²) in [6.07, 6.45) is 0.294. The van der Waals surface area contributed by atoms with E-state index < -0.39 is 9.84 Å². The molecule has 0 bridgehead atoms. The van der Waals surface area contributed by atoms with E-state index in [1.807, 2.05) is 0 Å². The van der Waals surface area contributed by atoms with E-state index in [-0.39, 0.29) is 53.5 Å². The molecule has 0 unspecified atom stereocenters. The quantitative estimate of drug-likeness (QED) is 0.620. The van der Waals surface area contributed by atoms with E-state index in [9.17, 15) is 17.6 Å². The van der Waals surface area contributed by atoms with Gasteiger partial charge in [0.05, 0.1) is 4.90 Å². The first-order valence-corrected chi connectivity index (χ1v) is 10.2.